The molecule has 150 valence electrons. The molecule has 0 aliphatic carbocycles. The number of hydrogen-bond donors (Lipinski definition) is 2. The first-order valence-corrected chi connectivity index (χ1v) is 9.69. The van der Waals surface area contributed by atoms with Gasteiger partial charge in [-0.25, -0.2) is 26.9 Å². The molecule has 2 heterocycles. The summed E-state index contributed by atoms with van der Waals surface area (Å²) in [6.07, 6.45) is 1.28. The highest BCUT2D eigenvalue weighted by atomic mass is 32.2. The summed E-state index contributed by atoms with van der Waals surface area (Å²) in [5, 5.41) is 2.17. The van der Waals surface area contributed by atoms with Gasteiger partial charge in [0.25, 0.3) is 5.91 Å². The van der Waals surface area contributed by atoms with Crippen LogP contribution in [0.3, 0.4) is 0 Å². The number of sulfonamides is 1. The SMILES string of the molecule is COc1ccc(S(=O)(=O)N[C@H]2CCOC2)cc1C(=O)Nc1ncc(F)cc1F. The Labute approximate surface area is 159 Å². The highest BCUT2D eigenvalue weighted by molar-refractivity contribution is 7.89. The van der Waals surface area contributed by atoms with Gasteiger partial charge in [-0.1, -0.05) is 0 Å². The van der Waals surface area contributed by atoms with Gasteiger partial charge in [-0.05, 0) is 24.6 Å². The zero-order chi connectivity index (χ0) is 20.3. The van der Waals surface area contributed by atoms with Crippen molar-refractivity contribution in [2.24, 2.45) is 0 Å². The van der Waals surface area contributed by atoms with Gasteiger partial charge in [0.15, 0.2) is 11.6 Å². The number of amides is 1. The minimum Gasteiger partial charge on any atom is -0.496 e. The number of rotatable bonds is 6. The van der Waals surface area contributed by atoms with Gasteiger partial charge in [-0.15, -0.1) is 0 Å². The zero-order valence-electron chi connectivity index (χ0n) is 14.7. The van der Waals surface area contributed by atoms with Gasteiger partial charge in [0.2, 0.25) is 10.0 Å². The monoisotopic (exact) mass is 413 g/mol. The van der Waals surface area contributed by atoms with Gasteiger partial charge < -0.3 is 14.8 Å². The first-order valence-electron chi connectivity index (χ1n) is 8.20. The van der Waals surface area contributed by atoms with Crippen LogP contribution in [0.4, 0.5) is 14.6 Å². The molecule has 1 aliphatic heterocycles. The fourth-order valence-corrected chi connectivity index (χ4v) is 3.91. The van der Waals surface area contributed by atoms with E-state index in [1.165, 1.54) is 19.2 Å². The van der Waals surface area contributed by atoms with Gasteiger partial charge >= 0.3 is 0 Å². The number of benzene rings is 1. The van der Waals surface area contributed by atoms with E-state index < -0.39 is 33.4 Å². The number of pyridine rings is 1. The molecular formula is C17H17F2N3O5S. The average Bonchev–Trinajstić information content (AvgIpc) is 3.15. The molecule has 0 spiro atoms. The molecule has 28 heavy (non-hydrogen) atoms. The first kappa shape index (κ1) is 20.1. The van der Waals surface area contributed by atoms with Gasteiger partial charge in [0.05, 0.1) is 30.4 Å². The van der Waals surface area contributed by atoms with Crippen molar-refractivity contribution in [3.8, 4) is 5.75 Å². The lowest BCUT2D eigenvalue weighted by Crippen LogP contribution is -2.35. The number of nitrogens with one attached hydrogen (secondary N) is 2. The molecular weight excluding hydrogens is 396 g/mol. The van der Waals surface area contributed by atoms with E-state index in [4.69, 9.17) is 9.47 Å². The predicted octanol–water partition coefficient (Wildman–Crippen LogP) is 1.69. The third kappa shape index (κ3) is 4.43. The van der Waals surface area contributed by atoms with Crippen molar-refractivity contribution in [3.05, 3.63) is 47.7 Å². The normalized spacial score (nSPS) is 16.8. The molecule has 1 saturated heterocycles. The van der Waals surface area contributed by atoms with E-state index in [-0.39, 0.29) is 28.9 Å². The van der Waals surface area contributed by atoms with Crippen LogP contribution in [-0.4, -0.2) is 45.7 Å². The lowest BCUT2D eigenvalue weighted by molar-refractivity contribution is 0.102. The summed E-state index contributed by atoms with van der Waals surface area (Å²) in [6, 6.07) is 3.90. The fourth-order valence-electron chi connectivity index (χ4n) is 2.63. The largest absolute Gasteiger partial charge is 0.496 e. The number of halogens is 2. The number of hydrogen-bond acceptors (Lipinski definition) is 6. The molecule has 1 amide bonds. The highest BCUT2D eigenvalue weighted by Crippen LogP contribution is 2.24. The summed E-state index contributed by atoms with van der Waals surface area (Å²) in [6.45, 7) is 0.720. The van der Waals surface area contributed by atoms with Crippen LogP contribution in [0.15, 0.2) is 35.4 Å². The molecule has 2 N–H and O–H groups in total. The van der Waals surface area contributed by atoms with Gasteiger partial charge in [0.1, 0.15) is 11.6 Å². The summed E-state index contributed by atoms with van der Waals surface area (Å²) >= 11 is 0. The fraction of sp³-hybridized carbons (Fsp3) is 0.294. The molecule has 0 unspecified atom stereocenters. The minimum atomic E-state index is -3.92. The highest BCUT2D eigenvalue weighted by Gasteiger charge is 2.25. The lowest BCUT2D eigenvalue weighted by atomic mass is 10.2. The summed E-state index contributed by atoms with van der Waals surface area (Å²) in [5.41, 5.74) is -0.154. The van der Waals surface area contributed by atoms with E-state index in [0.717, 1.165) is 12.3 Å². The van der Waals surface area contributed by atoms with Crippen LogP contribution in [0.2, 0.25) is 0 Å². The van der Waals surface area contributed by atoms with Crippen molar-refractivity contribution in [1.29, 1.82) is 0 Å². The van der Waals surface area contributed by atoms with Crippen molar-refractivity contribution in [1.82, 2.24) is 9.71 Å². The molecule has 8 nitrogen and oxygen atoms in total. The minimum absolute atomic E-state index is 0.0724. The van der Waals surface area contributed by atoms with Gasteiger partial charge in [-0.2, -0.15) is 0 Å². The lowest BCUT2D eigenvalue weighted by Gasteiger charge is -2.14. The van der Waals surface area contributed by atoms with Gasteiger partial charge in [0, 0.05) is 18.7 Å². The number of carbonyl (C=O) groups is 1. The van der Waals surface area contributed by atoms with Crippen molar-refractivity contribution in [2.75, 3.05) is 25.6 Å². The molecule has 2 aromatic rings. The van der Waals surface area contributed by atoms with Crippen LogP contribution in [0.1, 0.15) is 16.8 Å². The molecule has 0 radical (unpaired) electrons. The summed E-state index contributed by atoms with van der Waals surface area (Å²) in [4.78, 5) is 15.8. The Morgan fingerprint density at radius 2 is 2.11 bits per heavy atom. The Balaban J connectivity index is 1.88. The average molecular weight is 413 g/mol. The van der Waals surface area contributed by atoms with Gasteiger partial charge in [-0.3, -0.25) is 4.79 Å². The van der Waals surface area contributed by atoms with Crippen molar-refractivity contribution in [3.63, 3.8) is 0 Å². The second-order valence-corrected chi connectivity index (χ2v) is 7.70. The summed E-state index contributed by atoms with van der Waals surface area (Å²) < 4.78 is 64.5. The predicted molar refractivity (Wildman–Crippen MR) is 94.6 cm³/mol. The molecule has 3 rings (SSSR count). The molecule has 0 saturated carbocycles. The Morgan fingerprint density at radius 3 is 2.75 bits per heavy atom. The first-order chi connectivity index (χ1) is 13.3. The Bertz CT molecular complexity index is 994. The molecule has 1 aromatic carbocycles. The van der Waals surface area contributed by atoms with Crippen LogP contribution in [0.25, 0.3) is 0 Å². The molecule has 1 aromatic heterocycles. The van der Waals surface area contributed by atoms with E-state index in [0.29, 0.717) is 19.1 Å². The number of ether oxygens (including phenoxy) is 2. The maximum atomic E-state index is 13.7. The Kier molecular flexibility index (Phi) is 5.87. The van der Waals surface area contributed by atoms with Crippen molar-refractivity contribution in [2.45, 2.75) is 17.4 Å². The van der Waals surface area contributed by atoms with Crippen LogP contribution in [-0.2, 0) is 14.8 Å². The van der Waals surface area contributed by atoms with E-state index in [1.807, 2.05) is 0 Å². The van der Waals surface area contributed by atoms with Crippen LogP contribution >= 0.6 is 0 Å². The number of carbonyl (C=O) groups excluding carboxylic acids is 1. The molecule has 1 aliphatic rings. The third-order valence-electron chi connectivity index (χ3n) is 4.02. The second kappa shape index (κ2) is 8.17. The van der Waals surface area contributed by atoms with Crippen molar-refractivity contribution < 1.29 is 31.5 Å². The number of nitrogens with zero attached hydrogens (tertiary/aromatic N) is 1. The van der Waals surface area contributed by atoms with E-state index >= 15 is 0 Å². The number of aromatic nitrogens is 1. The Hall–Kier alpha value is -2.63. The number of anilines is 1. The Morgan fingerprint density at radius 1 is 1.32 bits per heavy atom. The second-order valence-electron chi connectivity index (χ2n) is 5.98. The topological polar surface area (TPSA) is 107 Å². The summed E-state index contributed by atoms with van der Waals surface area (Å²) in [5.74, 6) is -3.26. The van der Waals surface area contributed by atoms with Crippen molar-refractivity contribution >= 4 is 21.7 Å². The maximum Gasteiger partial charge on any atom is 0.260 e. The van der Waals surface area contributed by atoms with E-state index in [1.54, 1.807) is 0 Å². The smallest absolute Gasteiger partial charge is 0.260 e. The van der Waals surface area contributed by atoms with E-state index in [9.17, 15) is 22.0 Å². The third-order valence-corrected chi connectivity index (χ3v) is 5.54. The standard InChI is InChI=1S/C17H17F2N3O5S/c1-26-15-3-2-12(28(24,25)22-11-4-5-27-9-11)7-13(15)17(23)21-16-14(19)6-10(18)8-20-16/h2-3,6-8,11,22H,4-5,9H2,1H3,(H,20,21,23)/t11-/m0/s1. The number of methoxy groups -OCH3 is 1. The molecule has 1 atom stereocenters. The van der Waals surface area contributed by atoms with E-state index in [2.05, 4.69) is 15.0 Å². The van der Waals surface area contributed by atoms with Crippen LogP contribution in [0.5, 0.6) is 5.75 Å². The maximum absolute atomic E-state index is 13.7. The molecule has 1 fully saturated rings. The van der Waals surface area contributed by atoms with Crippen LogP contribution in [0, 0.1) is 11.6 Å². The quantitative estimate of drug-likeness (QED) is 0.747. The molecule has 11 heteroatoms. The summed E-state index contributed by atoms with van der Waals surface area (Å²) in [7, 11) is -2.62. The van der Waals surface area contributed by atoms with Crippen LogP contribution < -0.4 is 14.8 Å². The zero-order valence-corrected chi connectivity index (χ0v) is 15.6. The molecule has 0 bridgehead atoms.